The zero-order chi connectivity index (χ0) is 25.7. The minimum absolute atomic E-state index is 0.0163. The third-order valence-corrected chi connectivity index (χ3v) is 10.2. The molecule has 8 nitrogen and oxygen atoms in total. The minimum Gasteiger partial charge on any atom is -0.324 e. The van der Waals surface area contributed by atoms with Gasteiger partial charge < -0.3 is 15.1 Å². The standard InChI is InChI=1S/C27H27FN6O2S/c1-4-34-12-26(13-34)7-16(8-26)15-5-6-19(29-10-15)31-25-30-11-17(28)21(32-25)22-14(2)20-23(37-22)27(9-18(27)35)33(3)24(20)36/h5-6,10-11,16H,4,7-9,12-13H2,1-3H3,(H,29,30,31,32). The summed E-state index contributed by atoms with van der Waals surface area (Å²) in [4.78, 5) is 43.5. The Morgan fingerprint density at radius 3 is 2.59 bits per heavy atom. The summed E-state index contributed by atoms with van der Waals surface area (Å²) < 4.78 is 14.9. The number of hydrogen-bond acceptors (Lipinski definition) is 8. The number of amides is 1. The molecule has 1 N–H and O–H groups in total. The third-order valence-electron chi connectivity index (χ3n) is 8.75. The van der Waals surface area contributed by atoms with Gasteiger partial charge in [0.2, 0.25) is 5.95 Å². The van der Waals surface area contributed by atoms with Gasteiger partial charge >= 0.3 is 0 Å². The Bertz CT molecular complexity index is 1470. The Balaban J connectivity index is 1.10. The number of anilines is 2. The quantitative estimate of drug-likeness (QED) is 0.540. The van der Waals surface area contributed by atoms with Crippen molar-refractivity contribution in [1.82, 2.24) is 24.8 Å². The van der Waals surface area contributed by atoms with Gasteiger partial charge in [0.05, 0.1) is 21.5 Å². The Kier molecular flexibility index (Phi) is 4.73. The van der Waals surface area contributed by atoms with Gasteiger partial charge in [0.1, 0.15) is 17.1 Å². The number of ketones is 1. The fourth-order valence-corrected chi connectivity index (χ4v) is 8.04. The number of thiophene rings is 1. The first-order valence-electron chi connectivity index (χ1n) is 12.7. The molecule has 37 heavy (non-hydrogen) atoms. The number of fused-ring (bicyclic) bond motifs is 2. The molecule has 2 aliphatic carbocycles. The molecule has 3 aromatic rings. The monoisotopic (exact) mass is 518 g/mol. The van der Waals surface area contributed by atoms with Crippen LogP contribution in [-0.4, -0.2) is 63.1 Å². The number of likely N-dealkylation sites (tertiary alicyclic amines) is 1. The summed E-state index contributed by atoms with van der Waals surface area (Å²) in [6.45, 7) is 7.56. The first-order chi connectivity index (χ1) is 17.7. The van der Waals surface area contributed by atoms with Gasteiger partial charge in [-0.2, -0.15) is 0 Å². The molecule has 3 aromatic heterocycles. The number of aromatic nitrogens is 3. The highest BCUT2D eigenvalue weighted by Crippen LogP contribution is 2.58. The highest BCUT2D eigenvalue weighted by molar-refractivity contribution is 7.16. The number of pyridine rings is 1. The second kappa shape index (κ2) is 7.64. The Hall–Kier alpha value is -3.24. The molecule has 1 atom stereocenters. The molecule has 1 unspecified atom stereocenters. The van der Waals surface area contributed by atoms with E-state index in [9.17, 15) is 14.0 Å². The van der Waals surface area contributed by atoms with Crippen LogP contribution >= 0.6 is 11.3 Å². The molecule has 1 amide bonds. The molecule has 3 fully saturated rings. The van der Waals surface area contributed by atoms with Crippen LogP contribution in [0.5, 0.6) is 0 Å². The van der Waals surface area contributed by atoms with Crippen molar-refractivity contribution < 1.29 is 14.0 Å². The Morgan fingerprint density at radius 2 is 1.95 bits per heavy atom. The number of hydrogen-bond donors (Lipinski definition) is 1. The normalized spacial score (nSPS) is 23.9. The molecule has 0 bridgehead atoms. The predicted molar refractivity (Wildman–Crippen MR) is 137 cm³/mol. The van der Waals surface area contributed by atoms with E-state index >= 15 is 0 Å². The number of Topliss-reactive ketones (excluding diaryl/α,β-unsaturated/α-hetero) is 1. The molecule has 5 heterocycles. The van der Waals surface area contributed by atoms with Crippen LogP contribution < -0.4 is 5.32 Å². The van der Waals surface area contributed by atoms with Gasteiger partial charge in [-0.25, -0.2) is 19.3 Å². The van der Waals surface area contributed by atoms with Crippen molar-refractivity contribution in [3.63, 3.8) is 0 Å². The van der Waals surface area contributed by atoms with Gasteiger partial charge in [-0.1, -0.05) is 13.0 Å². The first kappa shape index (κ1) is 22.9. The summed E-state index contributed by atoms with van der Waals surface area (Å²) >= 11 is 1.27. The molecule has 2 saturated carbocycles. The largest absolute Gasteiger partial charge is 0.324 e. The molecule has 10 heteroatoms. The lowest BCUT2D eigenvalue weighted by Crippen LogP contribution is -2.61. The van der Waals surface area contributed by atoms with E-state index < -0.39 is 11.4 Å². The molecule has 190 valence electrons. The first-order valence-corrected chi connectivity index (χ1v) is 13.5. The summed E-state index contributed by atoms with van der Waals surface area (Å²) in [5, 5.41) is 3.08. The molecule has 0 aromatic carbocycles. The Labute approximate surface area is 217 Å². The fraction of sp³-hybridized carbons (Fsp3) is 0.444. The zero-order valence-corrected chi connectivity index (χ0v) is 21.8. The second-order valence-electron chi connectivity index (χ2n) is 11.0. The van der Waals surface area contributed by atoms with Crippen LogP contribution in [0.15, 0.2) is 24.5 Å². The second-order valence-corrected chi connectivity index (χ2v) is 12.0. The number of nitrogens with zero attached hydrogens (tertiary/aromatic N) is 5. The zero-order valence-electron chi connectivity index (χ0n) is 21.0. The molecule has 4 aliphatic rings. The van der Waals surface area contributed by atoms with Crippen molar-refractivity contribution in [3.05, 3.63) is 51.9 Å². The predicted octanol–water partition coefficient (Wildman–Crippen LogP) is 4.24. The lowest BCUT2D eigenvalue weighted by atomic mass is 9.56. The fourth-order valence-electron chi connectivity index (χ4n) is 6.51. The SMILES string of the molecule is CCN1CC2(CC(c3ccc(Nc4ncc(F)c(-c5sc6c(c5C)C(=O)N(C)C65CC5=O)n4)nc3)C2)C1. The minimum atomic E-state index is -0.871. The van der Waals surface area contributed by atoms with Crippen molar-refractivity contribution in [2.24, 2.45) is 5.41 Å². The van der Waals surface area contributed by atoms with Crippen molar-refractivity contribution in [2.45, 2.75) is 44.6 Å². The van der Waals surface area contributed by atoms with E-state index in [2.05, 4.69) is 38.2 Å². The Morgan fingerprint density at radius 1 is 1.19 bits per heavy atom. The van der Waals surface area contributed by atoms with Crippen LogP contribution in [0.4, 0.5) is 16.2 Å². The maximum atomic E-state index is 14.9. The molecule has 2 aliphatic heterocycles. The van der Waals surface area contributed by atoms with Crippen molar-refractivity contribution in [1.29, 1.82) is 0 Å². The van der Waals surface area contributed by atoms with E-state index in [-0.39, 0.29) is 23.3 Å². The average molecular weight is 519 g/mol. The van der Waals surface area contributed by atoms with Crippen LogP contribution in [0.25, 0.3) is 10.6 Å². The van der Waals surface area contributed by atoms with Crippen LogP contribution in [0.2, 0.25) is 0 Å². The highest BCUT2D eigenvalue weighted by Gasteiger charge is 2.66. The van der Waals surface area contributed by atoms with Gasteiger partial charge in [-0.05, 0) is 54.8 Å². The van der Waals surface area contributed by atoms with E-state index in [4.69, 9.17) is 0 Å². The van der Waals surface area contributed by atoms with E-state index in [0.29, 0.717) is 44.5 Å². The van der Waals surface area contributed by atoms with Crippen LogP contribution in [0.3, 0.4) is 0 Å². The van der Waals surface area contributed by atoms with Crippen LogP contribution in [-0.2, 0) is 10.3 Å². The number of halogens is 1. The van der Waals surface area contributed by atoms with Crippen LogP contribution in [0.1, 0.15) is 58.5 Å². The molecule has 2 spiro atoms. The lowest BCUT2D eigenvalue weighted by molar-refractivity contribution is -0.113. The summed E-state index contributed by atoms with van der Waals surface area (Å²) in [6.07, 6.45) is 5.78. The van der Waals surface area contributed by atoms with Crippen LogP contribution in [0, 0.1) is 18.2 Å². The van der Waals surface area contributed by atoms with E-state index in [0.717, 1.165) is 12.7 Å². The van der Waals surface area contributed by atoms with Crippen molar-refractivity contribution in [3.8, 4) is 10.6 Å². The number of likely N-dealkylation sites (N-methyl/N-ethyl adjacent to an activating group) is 1. The van der Waals surface area contributed by atoms with Gasteiger partial charge in [0, 0.05) is 32.8 Å². The van der Waals surface area contributed by atoms with E-state index in [1.165, 1.54) is 47.7 Å². The molecule has 7 rings (SSSR count). The maximum absolute atomic E-state index is 14.9. The van der Waals surface area contributed by atoms with Crippen molar-refractivity contribution in [2.75, 3.05) is 32.0 Å². The third kappa shape index (κ3) is 3.18. The highest BCUT2D eigenvalue weighted by atomic mass is 32.1. The summed E-state index contributed by atoms with van der Waals surface area (Å²) in [7, 11) is 1.65. The summed E-state index contributed by atoms with van der Waals surface area (Å²) in [6, 6.07) is 4.00. The topological polar surface area (TPSA) is 91.3 Å². The van der Waals surface area contributed by atoms with Crippen molar-refractivity contribution >= 4 is 34.8 Å². The number of rotatable bonds is 5. The molecular weight excluding hydrogens is 491 g/mol. The lowest BCUT2D eigenvalue weighted by Gasteiger charge is -2.59. The number of carbonyl (C=O) groups is 2. The van der Waals surface area contributed by atoms with Gasteiger partial charge in [-0.3, -0.25) is 9.59 Å². The maximum Gasteiger partial charge on any atom is 0.256 e. The van der Waals surface area contributed by atoms with Gasteiger partial charge in [-0.15, -0.1) is 11.3 Å². The van der Waals surface area contributed by atoms with E-state index in [1.807, 2.05) is 12.3 Å². The smallest absolute Gasteiger partial charge is 0.256 e. The van der Waals surface area contributed by atoms with Gasteiger partial charge in [0.15, 0.2) is 11.6 Å². The summed E-state index contributed by atoms with van der Waals surface area (Å²) in [5.74, 6) is 0.604. The number of nitrogens with one attached hydrogen (secondary N) is 1. The summed E-state index contributed by atoms with van der Waals surface area (Å²) in [5.41, 5.74) is 2.15. The molecular formula is C27H27FN6O2S. The average Bonchev–Trinajstić information content (AvgIpc) is 3.33. The van der Waals surface area contributed by atoms with E-state index in [1.54, 1.807) is 14.0 Å². The molecule has 0 radical (unpaired) electrons. The molecule has 1 saturated heterocycles. The van der Waals surface area contributed by atoms with Gasteiger partial charge in [0.25, 0.3) is 5.91 Å². The number of carbonyl (C=O) groups excluding carboxylic acids is 2.